The molecule has 10 heteroatoms. The van der Waals surface area contributed by atoms with Gasteiger partial charge in [-0.3, -0.25) is 14.5 Å². The molecule has 3 rings (SSSR count). The maximum absolute atomic E-state index is 12.3. The minimum atomic E-state index is -1.82. The maximum atomic E-state index is 12.3. The summed E-state index contributed by atoms with van der Waals surface area (Å²) in [6.45, 7) is 3.43. The van der Waals surface area contributed by atoms with E-state index >= 15 is 0 Å². The number of rotatable bonds is 7. The van der Waals surface area contributed by atoms with E-state index in [4.69, 9.17) is 19.8 Å². The molecule has 31 heavy (non-hydrogen) atoms. The molecule has 0 bridgehead atoms. The van der Waals surface area contributed by atoms with Gasteiger partial charge in [0.05, 0.1) is 11.4 Å². The van der Waals surface area contributed by atoms with Gasteiger partial charge in [0.15, 0.2) is 5.78 Å². The molecular formula is C21H24N2O6S2. The Balaban J connectivity index is 0.000000501. The number of aliphatic carboxylic acids is 2. The van der Waals surface area contributed by atoms with Crippen LogP contribution < -0.4 is 0 Å². The van der Waals surface area contributed by atoms with Crippen LogP contribution in [0.15, 0.2) is 52.7 Å². The standard InChI is InChI=1S/C19H22N2O2S2.C2H2O4/c22-17(18-7-4-13-25-18)15-20-9-11-21(12-10-20)19(23)8-14-24-16-5-2-1-3-6-16;3-1(4)2(5)6/h1-7,13H,8-12,14-15H2;(H,3,4)(H,5,6). The Bertz CT molecular complexity index is 853. The van der Waals surface area contributed by atoms with Crippen LogP contribution in [0.25, 0.3) is 0 Å². The van der Waals surface area contributed by atoms with Gasteiger partial charge in [0.25, 0.3) is 0 Å². The monoisotopic (exact) mass is 464 g/mol. The van der Waals surface area contributed by atoms with Gasteiger partial charge in [0.2, 0.25) is 5.91 Å². The Morgan fingerprint density at radius 3 is 2.10 bits per heavy atom. The fraction of sp³-hybridized carbons (Fsp3) is 0.333. The normalized spacial score (nSPS) is 13.7. The first-order valence-corrected chi connectivity index (χ1v) is 11.4. The zero-order valence-corrected chi connectivity index (χ0v) is 18.4. The number of piperazine rings is 1. The number of amides is 1. The Morgan fingerprint density at radius 1 is 0.903 bits per heavy atom. The highest BCUT2D eigenvalue weighted by Gasteiger charge is 2.22. The predicted molar refractivity (Wildman–Crippen MR) is 119 cm³/mol. The van der Waals surface area contributed by atoms with Crippen molar-refractivity contribution in [2.24, 2.45) is 0 Å². The van der Waals surface area contributed by atoms with E-state index in [9.17, 15) is 9.59 Å². The summed E-state index contributed by atoms with van der Waals surface area (Å²) in [5.74, 6) is -2.45. The van der Waals surface area contributed by atoms with E-state index in [2.05, 4.69) is 17.0 Å². The molecule has 166 valence electrons. The Hall–Kier alpha value is -2.69. The second-order valence-corrected chi connectivity index (χ2v) is 8.70. The summed E-state index contributed by atoms with van der Waals surface area (Å²) in [4.78, 5) is 48.8. The van der Waals surface area contributed by atoms with Gasteiger partial charge in [-0.15, -0.1) is 23.1 Å². The number of benzene rings is 1. The summed E-state index contributed by atoms with van der Waals surface area (Å²) in [6, 6.07) is 13.9. The van der Waals surface area contributed by atoms with Crippen molar-refractivity contribution >= 4 is 46.7 Å². The SMILES string of the molecule is O=C(CN1CCN(C(=O)CCSc2ccccc2)CC1)c1cccs1.O=C(O)C(=O)O. The van der Waals surface area contributed by atoms with E-state index in [0.29, 0.717) is 26.1 Å². The van der Waals surface area contributed by atoms with Crippen LogP contribution in [-0.4, -0.2) is 82.1 Å². The number of nitrogens with zero attached hydrogens (tertiary/aromatic N) is 2. The third-order valence-corrected chi connectivity index (χ3v) is 6.32. The molecule has 1 fully saturated rings. The number of carboxylic acid groups (broad SMARTS) is 2. The van der Waals surface area contributed by atoms with Gasteiger partial charge in [0, 0.05) is 43.2 Å². The second-order valence-electron chi connectivity index (χ2n) is 6.58. The summed E-state index contributed by atoms with van der Waals surface area (Å²) in [6.07, 6.45) is 0.563. The summed E-state index contributed by atoms with van der Waals surface area (Å²) < 4.78 is 0. The quantitative estimate of drug-likeness (QED) is 0.365. The van der Waals surface area contributed by atoms with E-state index in [0.717, 1.165) is 23.7 Å². The number of hydrogen-bond donors (Lipinski definition) is 2. The van der Waals surface area contributed by atoms with Gasteiger partial charge in [0.1, 0.15) is 0 Å². The van der Waals surface area contributed by atoms with Crippen molar-refractivity contribution in [3.8, 4) is 0 Å². The summed E-state index contributed by atoms with van der Waals surface area (Å²) in [5, 5.41) is 16.7. The van der Waals surface area contributed by atoms with Crippen LogP contribution in [0.5, 0.6) is 0 Å². The summed E-state index contributed by atoms with van der Waals surface area (Å²) in [5.41, 5.74) is 0. The molecule has 2 heterocycles. The fourth-order valence-corrected chi connectivity index (χ4v) is 4.32. The summed E-state index contributed by atoms with van der Waals surface area (Å²) >= 11 is 3.21. The van der Waals surface area contributed by atoms with Gasteiger partial charge in [-0.25, -0.2) is 9.59 Å². The predicted octanol–water partition coefficient (Wildman–Crippen LogP) is 2.41. The molecular weight excluding hydrogens is 440 g/mol. The van der Waals surface area contributed by atoms with Crippen LogP contribution in [0.4, 0.5) is 0 Å². The van der Waals surface area contributed by atoms with Gasteiger partial charge < -0.3 is 15.1 Å². The van der Waals surface area contributed by atoms with Crippen molar-refractivity contribution in [2.75, 3.05) is 38.5 Å². The van der Waals surface area contributed by atoms with Crippen LogP contribution >= 0.6 is 23.1 Å². The van der Waals surface area contributed by atoms with Crippen molar-refractivity contribution in [3.63, 3.8) is 0 Å². The molecule has 0 aliphatic carbocycles. The number of thioether (sulfide) groups is 1. The second kappa shape index (κ2) is 12.9. The van der Waals surface area contributed by atoms with Crippen molar-refractivity contribution < 1.29 is 29.4 Å². The van der Waals surface area contributed by atoms with E-state index in [1.807, 2.05) is 40.6 Å². The number of carboxylic acids is 2. The molecule has 0 atom stereocenters. The zero-order valence-electron chi connectivity index (χ0n) is 16.8. The molecule has 1 aliphatic heterocycles. The van der Waals surface area contributed by atoms with Crippen LogP contribution in [0.3, 0.4) is 0 Å². The third-order valence-electron chi connectivity index (χ3n) is 4.40. The van der Waals surface area contributed by atoms with Gasteiger partial charge in [-0.05, 0) is 23.6 Å². The van der Waals surface area contributed by atoms with Crippen molar-refractivity contribution in [1.29, 1.82) is 0 Å². The lowest BCUT2D eigenvalue weighted by atomic mass is 10.2. The lowest BCUT2D eigenvalue weighted by molar-refractivity contribution is -0.159. The van der Waals surface area contributed by atoms with Crippen molar-refractivity contribution in [2.45, 2.75) is 11.3 Å². The molecule has 1 saturated heterocycles. The van der Waals surface area contributed by atoms with Crippen LogP contribution in [0.2, 0.25) is 0 Å². The molecule has 0 saturated carbocycles. The average molecular weight is 465 g/mol. The molecule has 0 radical (unpaired) electrons. The zero-order chi connectivity index (χ0) is 22.6. The highest BCUT2D eigenvalue weighted by Crippen LogP contribution is 2.18. The minimum Gasteiger partial charge on any atom is -0.473 e. The van der Waals surface area contributed by atoms with Crippen LogP contribution in [0.1, 0.15) is 16.1 Å². The molecule has 1 aliphatic rings. The van der Waals surface area contributed by atoms with E-state index in [1.54, 1.807) is 11.8 Å². The first kappa shape index (κ1) is 24.6. The van der Waals surface area contributed by atoms with Crippen LogP contribution in [0, 0.1) is 0 Å². The molecule has 1 aromatic carbocycles. The molecule has 0 unspecified atom stereocenters. The van der Waals surface area contributed by atoms with Crippen molar-refractivity contribution in [1.82, 2.24) is 9.80 Å². The largest absolute Gasteiger partial charge is 0.473 e. The van der Waals surface area contributed by atoms with Crippen LogP contribution in [-0.2, 0) is 14.4 Å². The van der Waals surface area contributed by atoms with E-state index in [-0.39, 0.29) is 11.7 Å². The topological polar surface area (TPSA) is 115 Å². The molecule has 2 aromatic rings. The third kappa shape index (κ3) is 8.91. The minimum absolute atomic E-state index is 0.175. The number of hydrogen-bond acceptors (Lipinski definition) is 7. The van der Waals surface area contributed by atoms with E-state index < -0.39 is 11.9 Å². The lowest BCUT2D eigenvalue weighted by Crippen LogP contribution is -2.49. The lowest BCUT2D eigenvalue weighted by Gasteiger charge is -2.34. The molecule has 0 spiro atoms. The van der Waals surface area contributed by atoms with Gasteiger partial charge in [-0.2, -0.15) is 0 Å². The number of carbonyl (C=O) groups excluding carboxylic acids is 2. The average Bonchev–Trinajstić information content (AvgIpc) is 3.30. The van der Waals surface area contributed by atoms with Crippen molar-refractivity contribution in [3.05, 3.63) is 52.7 Å². The number of Topliss-reactive ketones (excluding diaryl/α,β-unsaturated/α-hetero) is 1. The molecule has 2 N–H and O–H groups in total. The number of thiophene rings is 1. The first-order valence-electron chi connectivity index (χ1n) is 9.57. The Morgan fingerprint density at radius 2 is 1.55 bits per heavy atom. The fourth-order valence-electron chi connectivity index (χ4n) is 2.80. The summed E-state index contributed by atoms with van der Waals surface area (Å²) in [7, 11) is 0. The molecule has 1 aromatic heterocycles. The molecule has 8 nitrogen and oxygen atoms in total. The number of ketones is 1. The van der Waals surface area contributed by atoms with E-state index in [1.165, 1.54) is 16.2 Å². The van der Waals surface area contributed by atoms with Gasteiger partial charge in [-0.1, -0.05) is 24.3 Å². The first-order chi connectivity index (χ1) is 14.9. The van der Waals surface area contributed by atoms with Gasteiger partial charge >= 0.3 is 11.9 Å². The molecule has 1 amide bonds. The smallest absolute Gasteiger partial charge is 0.414 e. The maximum Gasteiger partial charge on any atom is 0.414 e. The highest BCUT2D eigenvalue weighted by molar-refractivity contribution is 7.99. The Labute approximate surface area is 188 Å². The highest BCUT2D eigenvalue weighted by atomic mass is 32.2. The Kier molecular flexibility index (Phi) is 10.2. The number of carbonyl (C=O) groups is 4.